The SMILES string of the molecule is CC(C)c1cccc(N(C)C(=O)c2ccc(CN3C(=O)c4ccccc4C3=O)cc2)c1. The van der Waals surface area contributed by atoms with Gasteiger partial charge in [0.15, 0.2) is 0 Å². The zero-order valence-electron chi connectivity index (χ0n) is 17.8. The highest BCUT2D eigenvalue weighted by Gasteiger charge is 2.34. The molecule has 0 saturated carbocycles. The Morgan fingerprint density at radius 2 is 1.48 bits per heavy atom. The standard InChI is InChI=1S/C26H24N2O3/c1-17(2)20-7-6-8-21(15-20)27(3)24(29)19-13-11-18(12-14-19)16-28-25(30)22-9-4-5-10-23(22)26(28)31/h4-15,17H,16H2,1-3H3. The molecule has 3 aromatic rings. The minimum Gasteiger partial charge on any atom is -0.311 e. The molecule has 4 rings (SSSR count). The van der Waals surface area contributed by atoms with Crippen molar-refractivity contribution in [3.05, 3.63) is 101 Å². The van der Waals surface area contributed by atoms with Crippen LogP contribution in [0.15, 0.2) is 72.8 Å². The number of carbonyl (C=O) groups is 3. The number of carbonyl (C=O) groups excluding carboxylic acids is 3. The molecule has 3 amide bonds. The highest BCUT2D eigenvalue weighted by atomic mass is 16.2. The van der Waals surface area contributed by atoms with E-state index in [1.807, 2.05) is 18.2 Å². The van der Waals surface area contributed by atoms with Crippen LogP contribution in [0.2, 0.25) is 0 Å². The Morgan fingerprint density at radius 3 is 2.06 bits per heavy atom. The third kappa shape index (κ3) is 3.87. The number of anilines is 1. The molecule has 31 heavy (non-hydrogen) atoms. The number of imide groups is 1. The molecule has 3 aromatic carbocycles. The van der Waals surface area contributed by atoms with Crippen LogP contribution >= 0.6 is 0 Å². The van der Waals surface area contributed by atoms with Crippen LogP contribution in [0.4, 0.5) is 5.69 Å². The van der Waals surface area contributed by atoms with E-state index in [2.05, 4.69) is 19.9 Å². The van der Waals surface area contributed by atoms with Crippen LogP contribution in [-0.2, 0) is 6.54 Å². The van der Waals surface area contributed by atoms with E-state index in [0.29, 0.717) is 22.6 Å². The summed E-state index contributed by atoms with van der Waals surface area (Å²) in [6, 6.07) is 21.8. The van der Waals surface area contributed by atoms with Crippen LogP contribution < -0.4 is 4.90 Å². The van der Waals surface area contributed by atoms with Crippen LogP contribution in [0, 0.1) is 0 Å². The summed E-state index contributed by atoms with van der Waals surface area (Å²) in [6.07, 6.45) is 0. The predicted molar refractivity (Wildman–Crippen MR) is 120 cm³/mol. The summed E-state index contributed by atoms with van der Waals surface area (Å²) in [5.41, 5.74) is 4.22. The third-order valence-corrected chi connectivity index (χ3v) is 5.65. The number of hydrogen-bond acceptors (Lipinski definition) is 3. The average molecular weight is 412 g/mol. The highest BCUT2D eigenvalue weighted by Crippen LogP contribution is 2.25. The highest BCUT2D eigenvalue weighted by molar-refractivity contribution is 6.21. The van der Waals surface area contributed by atoms with Gasteiger partial charge in [-0.15, -0.1) is 0 Å². The van der Waals surface area contributed by atoms with E-state index in [1.165, 1.54) is 10.5 Å². The van der Waals surface area contributed by atoms with Crippen molar-refractivity contribution in [2.75, 3.05) is 11.9 Å². The summed E-state index contributed by atoms with van der Waals surface area (Å²) in [5.74, 6) is -0.311. The third-order valence-electron chi connectivity index (χ3n) is 5.65. The fourth-order valence-corrected chi connectivity index (χ4v) is 3.72. The Balaban J connectivity index is 1.48. The molecule has 1 aliphatic rings. The molecule has 0 atom stereocenters. The normalized spacial score (nSPS) is 13.0. The Morgan fingerprint density at radius 1 is 0.871 bits per heavy atom. The summed E-state index contributed by atoms with van der Waals surface area (Å²) in [4.78, 5) is 40.9. The fourth-order valence-electron chi connectivity index (χ4n) is 3.72. The van der Waals surface area contributed by atoms with Crippen molar-refractivity contribution >= 4 is 23.4 Å². The first kappa shape index (κ1) is 20.5. The van der Waals surface area contributed by atoms with Crippen LogP contribution in [0.1, 0.15) is 62.0 Å². The zero-order chi connectivity index (χ0) is 22.1. The molecule has 5 heteroatoms. The van der Waals surface area contributed by atoms with Crippen LogP contribution in [0.3, 0.4) is 0 Å². The summed E-state index contributed by atoms with van der Waals surface area (Å²) < 4.78 is 0. The van der Waals surface area contributed by atoms with Crippen molar-refractivity contribution in [3.63, 3.8) is 0 Å². The van der Waals surface area contributed by atoms with E-state index < -0.39 is 0 Å². The smallest absolute Gasteiger partial charge is 0.261 e. The van der Waals surface area contributed by atoms with Gasteiger partial charge in [0.2, 0.25) is 0 Å². The molecule has 1 aliphatic heterocycles. The molecule has 0 aliphatic carbocycles. The van der Waals surface area contributed by atoms with Crippen molar-refractivity contribution in [2.45, 2.75) is 26.3 Å². The van der Waals surface area contributed by atoms with Crippen molar-refractivity contribution in [1.82, 2.24) is 4.90 Å². The number of fused-ring (bicyclic) bond motifs is 1. The van der Waals surface area contributed by atoms with Crippen molar-refractivity contribution in [2.24, 2.45) is 0 Å². The number of amides is 3. The maximum absolute atomic E-state index is 12.9. The Labute approximate surface area is 181 Å². The van der Waals surface area contributed by atoms with Crippen molar-refractivity contribution in [3.8, 4) is 0 Å². The van der Waals surface area contributed by atoms with E-state index in [0.717, 1.165) is 11.3 Å². The van der Waals surface area contributed by atoms with Gasteiger partial charge in [-0.1, -0.05) is 50.2 Å². The van der Waals surface area contributed by atoms with Gasteiger partial charge in [-0.2, -0.15) is 0 Å². The maximum atomic E-state index is 12.9. The van der Waals surface area contributed by atoms with E-state index in [9.17, 15) is 14.4 Å². The minimum absolute atomic E-state index is 0.117. The summed E-state index contributed by atoms with van der Waals surface area (Å²) in [6.45, 7) is 4.41. The Bertz CT molecular complexity index is 1130. The van der Waals surface area contributed by atoms with Gasteiger partial charge in [0.25, 0.3) is 17.7 Å². The number of rotatable bonds is 5. The second-order valence-electron chi connectivity index (χ2n) is 8.05. The van der Waals surface area contributed by atoms with Gasteiger partial charge in [-0.25, -0.2) is 0 Å². The quantitative estimate of drug-likeness (QED) is 0.561. The lowest BCUT2D eigenvalue weighted by molar-refractivity contribution is 0.0642. The second kappa shape index (κ2) is 8.19. The number of nitrogens with zero attached hydrogens (tertiary/aromatic N) is 2. The first-order valence-corrected chi connectivity index (χ1v) is 10.3. The summed E-state index contributed by atoms with van der Waals surface area (Å²) in [5, 5.41) is 0. The van der Waals surface area contributed by atoms with Gasteiger partial charge in [-0.3, -0.25) is 19.3 Å². The molecule has 1 heterocycles. The molecule has 156 valence electrons. The lowest BCUT2D eigenvalue weighted by Crippen LogP contribution is -2.29. The molecule has 5 nitrogen and oxygen atoms in total. The van der Waals surface area contributed by atoms with Gasteiger partial charge in [0.05, 0.1) is 17.7 Å². The van der Waals surface area contributed by atoms with E-state index >= 15 is 0 Å². The topological polar surface area (TPSA) is 57.7 Å². The zero-order valence-corrected chi connectivity index (χ0v) is 17.8. The fraction of sp³-hybridized carbons (Fsp3) is 0.192. The van der Waals surface area contributed by atoms with E-state index in [4.69, 9.17) is 0 Å². The Hall–Kier alpha value is -3.73. The molecule has 0 radical (unpaired) electrons. The molecular formula is C26H24N2O3. The predicted octanol–water partition coefficient (Wildman–Crippen LogP) is 4.88. The van der Waals surface area contributed by atoms with Crippen molar-refractivity contribution in [1.29, 1.82) is 0 Å². The molecule has 0 bridgehead atoms. The van der Waals surface area contributed by atoms with Crippen LogP contribution in [0.5, 0.6) is 0 Å². The molecule has 0 unspecified atom stereocenters. The van der Waals surface area contributed by atoms with Gasteiger partial charge in [-0.05, 0) is 53.4 Å². The first-order chi connectivity index (χ1) is 14.9. The van der Waals surface area contributed by atoms with E-state index in [-0.39, 0.29) is 24.3 Å². The van der Waals surface area contributed by atoms with Gasteiger partial charge in [0.1, 0.15) is 0 Å². The van der Waals surface area contributed by atoms with Crippen LogP contribution in [-0.4, -0.2) is 29.7 Å². The largest absolute Gasteiger partial charge is 0.311 e. The van der Waals surface area contributed by atoms with Crippen LogP contribution in [0.25, 0.3) is 0 Å². The summed E-state index contributed by atoms with van der Waals surface area (Å²) in [7, 11) is 1.76. The maximum Gasteiger partial charge on any atom is 0.261 e. The monoisotopic (exact) mass is 412 g/mol. The van der Waals surface area contributed by atoms with Gasteiger partial charge >= 0.3 is 0 Å². The molecule has 0 spiro atoms. The molecular weight excluding hydrogens is 388 g/mol. The lowest BCUT2D eigenvalue weighted by atomic mass is 10.0. The Kier molecular flexibility index (Phi) is 5.42. The van der Waals surface area contributed by atoms with E-state index in [1.54, 1.807) is 60.5 Å². The molecule has 0 N–H and O–H groups in total. The molecule has 0 fully saturated rings. The molecule has 0 aromatic heterocycles. The number of benzene rings is 3. The minimum atomic E-state index is -0.287. The lowest BCUT2D eigenvalue weighted by Gasteiger charge is -2.19. The van der Waals surface area contributed by atoms with Gasteiger partial charge < -0.3 is 4.90 Å². The molecule has 0 saturated heterocycles. The first-order valence-electron chi connectivity index (χ1n) is 10.3. The number of hydrogen-bond donors (Lipinski definition) is 0. The average Bonchev–Trinajstić information content (AvgIpc) is 3.03. The van der Waals surface area contributed by atoms with Crippen molar-refractivity contribution < 1.29 is 14.4 Å². The van der Waals surface area contributed by atoms with Gasteiger partial charge in [0, 0.05) is 18.3 Å². The summed E-state index contributed by atoms with van der Waals surface area (Å²) >= 11 is 0. The second-order valence-corrected chi connectivity index (χ2v) is 8.05.